The maximum atomic E-state index is 11.9. The molecule has 0 bridgehead atoms. The Hall–Kier alpha value is -1.06. The minimum atomic E-state index is -0.528. The molecule has 0 amide bonds. The molecule has 0 rings (SSSR count). The van der Waals surface area contributed by atoms with Crippen molar-refractivity contribution in [3.8, 4) is 0 Å². The number of ether oxygens (including phenoxy) is 2. The van der Waals surface area contributed by atoms with Crippen LogP contribution < -0.4 is 0 Å². The van der Waals surface area contributed by atoms with Crippen LogP contribution in [0.3, 0.4) is 0 Å². The van der Waals surface area contributed by atoms with Gasteiger partial charge < -0.3 is 9.47 Å². The van der Waals surface area contributed by atoms with Crippen molar-refractivity contribution in [1.82, 2.24) is 0 Å². The van der Waals surface area contributed by atoms with Crippen molar-refractivity contribution in [2.45, 2.75) is 60.3 Å². The molecule has 0 heterocycles. The Balaban J connectivity index is 4.05. The van der Waals surface area contributed by atoms with E-state index in [0.29, 0.717) is 19.4 Å². The standard InChI is InChI=1S/C15H28O4/c1-7-9-14(2,3)13(17)19-11-8-10-15(4,5)12(16)18-6/h7-11H2,1-6H3. The Morgan fingerprint density at radius 2 is 1.47 bits per heavy atom. The number of hydrogen-bond acceptors (Lipinski definition) is 4. The Kier molecular flexibility index (Phi) is 7.09. The number of methoxy groups -OCH3 is 1. The zero-order chi connectivity index (χ0) is 15.1. The van der Waals surface area contributed by atoms with Gasteiger partial charge in [-0.1, -0.05) is 13.3 Å². The van der Waals surface area contributed by atoms with Gasteiger partial charge >= 0.3 is 11.9 Å². The molecule has 0 unspecified atom stereocenters. The number of hydrogen-bond donors (Lipinski definition) is 0. The fourth-order valence-electron chi connectivity index (χ4n) is 1.98. The van der Waals surface area contributed by atoms with Crippen molar-refractivity contribution in [3.05, 3.63) is 0 Å². The lowest BCUT2D eigenvalue weighted by atomic mass is 9.87. The summed E-state index contributed by atoms with van der Waals surface area (Å²) in [6, 6.07) is 0. The highest BCUT2D eigenvalue weighted by atomic mass is 16.5. The van der Waals surface area contributed by atoms with Crippen LogP contribution in [0, 0.1) is 10.8 Å². The first-order valence-corrected chi connectivity index (χ1v) is 6.93. The van der Waals surface area contributed by atoms with E-state index >= 15 is 0 Å². The number of carbonyl (C=O) groups excluding carboxylic acids is 2. The van der Waals surface area contributed by atoms with Crippen molar-refractivity contribution in [1.29, 1.82) is 0 Å². The van der Waals surface area contributed by atoms with E-state index in [1.165, 1.54) is 7.11 Å². The van der Waals surface area contributed by atoms with E-state index < -0.39 is 10.8 Å². The Bertz CT molecular complexity index is 305. The van der Waals surface area contributed by atoms with Crippen molar-refractivity contribution in [3.63, 3.8) is 0 Å². The molecule has 0 aliphatic carbocycles. The first-order chi connectivity index (χ1) is 8.67. The van der Waals surface area contributed by atoms with Gasteiger partial charge in [-0.15, -0.1) is 0 Å². The molecule has 4 nitrogen and oxygen atoms in total. The largest absolute Gasteiger partial charge is 0.469 e. The molecule has 0 aromatic heterocycles. The van der Waals surface area contributed by atoms with Crippen molar-refractivity contribution in [2.75, 3.05) is 13.7 Å². The molecule has 19 heavy (non-hydrogen) atoms. The molecule has 0 aliphatic rings. The lowest BCUT2D eigenvalue weighted by molar-refractivity contribution is -0.155. The fraction of sp³-hybridized carbons (Fsp3) is 0.867. The zero-order valence-corrected chi connectivity index (χ0v) is 13.2. The van der Waals surface area contributed by atoms with Gasteiger partial charge in [-0.2, -0.15) is 0 Å². The summed E-state index contributed by atoms with van der Waals surface area (Å²) in [6.45, 7) is 9.87. The Labute approximate surface area is 116 Å². The minimum absolute atomic E-state index is 0.162. The van der Waals surface area contributed by atoms with Gasteiger partial charge in [0.2, 0.25) is 0 Å². The minimum Gasteiger partial charge on any atom is -0.469 e. The molecule has 0 spiro atoms. The molecule has 0 aliphatic heterocycles. The van der Waals surface area contributed by atoms with Crippen LogP contribution in [0.15, 0.2) is 0 Å². The summed E-state index contributed by atoms with van der Waals surface area (Å²) in [4.78, 5) is 23.3. The summed E-state index contributed by atoms with van der Waals surface area (Å²) in [5, 5.41) is 0. The van der Waals surface area contributed by atoms with Gasteiger partial charge in [0.1, 0.15) is 0 Å². The topological polar surface area (TPSA) is 52.6 Å². The van der Waals surface area contributed by atoms with Crippen molar-refractivity contribution >= 4 is 11.9 Å². The van der Waals surface area contributed by atoms with Gasteiger partial charge in [-0.3, -0.25) is 9.59 Å². The maximum Gasteiger partial charge on any atom is 0.311 e. The van der Waals surface area contributed by atoms with Crippen LogP contribution in [0.2, 0.25) is 0 Å². The van der Waals surface area contributed by atoms with Crippen LogP contribution in [-0.2, 0) is 19.1 Å². The average molecular weight is 272 g/mol. The van der Waals surface area contributed by atoms with E-state index in [1.54, 1.807) is 0 Å². The molecular formula is C15H28O4. The predicted molar refractivity (Wildman–Crippen MR) is 74.7 cm³/mol. The third-order valence-corrected chi connectivity index (χ3v) is 3.34. The first kappa shape index (κ1) is 17.9. The maximum absolute atomic E-state index is 11.9. The second-order valence-electron chi connectivity index (χ2n) is 6.25. The van der Waals surface area contributed by atoms with Crippen LogP contribution in [0.4, 0.5) is 0 Å². The van der Waals surface area contributed by atoms with Gasteiger partial charge in [-0.25, -0.2) is 0 Å². The molecule has 4 heteroatoms. The highest BCUT2D eigenvalue weighted by molar-refractivity contribution is 5.76. The molecular weight excluding hydrogens is 244 g/mol. The van der Waals surface area contributed by atoms with Crippen LogP contribution in [0.5, 0.6) is 0 Å². The molecule has 0 radical (unpaired) electrons. The van der Waals surface area contributed by atoms with E-state index in [9.17, 15) is 9.59 Å². The van der Waals surface area contributed by atoms with E-state index in [-0.39, 0.29) is 11.9 Å². The van der Waals surface area contributed by atoms with Gasteiger partial charge in [0.05, 0.1) is 24.5 Å². The van der Waals surface area contributed by atoms with Crippen molar-refractivity contribution in [2.24, 2.45) is 10.8 Å². The highest BCUT2D eigenvalue weighted by Crippen LogP contribution is 2.26. The number of rotatable bonds is 8. The predicted octanol–water partition coefficient (Wildman–Crippen LogP) is 3.34. The SMILES string of the molecule is CCCC(C)(C)C(=O)OCCCC(C)(C)C(=O)OC. The highest BCUT2D eigenvalue weighted by Gasteiger charge is 2.30. The normalized spacial score (nSPS) is 12.1. The third-order valence-electron chi connectivity index (χ3n) is 3.34. The molecule has 0 atom stereocenters. The van der Waals surface area contributed by atoms with Crippen LogP contribution in [0.1, 0.15) is 60.3 Å². The van der Waals surface area contributed by atoms with E-state index in [2.05, 4.69) is 0 Å². The lowest BCUT2D eigenvalue weighted by Crippen LogP contribution is -2.28. The van der Waals surface area contributed by atoms with Gasteiger partial charge in [0, 0.05) is 0 Å². The van der Waals surface area contributed by atoms with Gasteiger partial charge in [0.15, 0.2) is 0 Å². The molecule has 0 saturated carbocycles. The zero-order valence-electron chi connectivity index (χ0n) is 13.2. The molecule has 0 aromatic rings. The molecule has 0 fully saturated rings. The number of esters is 2. The van der Waals surface area contributed by atoms with Crippen molar-refractivity contribution < 1.29 is 19.1 Å². The quantitative estimate of drug-likeness (QED) is 0.502. The van der Waals surface area contributed by atoms with Crippen LogP contribution in [0.25, 0.3) is 0 Å². The second kappa shape index (κ2) is 7.51. The van der Waals surface area contributed by atoms with Gasteiger partial charge in [0.25, 0.3) is 0 Å². The fourth-order valence-corrected chi connectivity index (χ4v) is 1.98. The smallest absolute Gasteiger partial charge is 0.311 e. The monoisotopic (exact) mass is 272 g/mol. The van der Waals surface area contributed by atoms with Gasteiger partial charge in [-0.05, 0) is 47.0 Å². The molecule has 0 N–H and O–H groups in total. The summed E-state index contributed by atoms with van der Waals surface area (Å²) in [6.07, 6.45) is 3.08. The lowest BCUT2D eigenvalue weighted by Gasteiger charge is -2.23. The van der Waals surface area contributed by atoms with E-state index in [0.717, 1.165) is 12.8 Å². The summed E-state index contributed by atoms with van der Waals surface area (Å²) < 4.78 is 10.0. The van der Waals surface area contributed by atoms with Crippen LogP contribution in [-0.4, -0.2) is 25.7 Å². The Morgan fingerprint density at radius 3 is 1.95 bits per heavy atom. The Morgan fingerprint density at radius 1 is 0.947 bits per heavy atom. The summed E-state index contributed by atoms with van der Waals surface area (Å²) in [5.41, 5.74) is -0.952. The van der Waals surface area contributed by atoms with E-state index in [4.69, 9.17) is 9.47 Å². The molecule has 112 valence electrons. The second-order valence-corrected chi connectivity index (χ2v) is 6.25. The average Bonchev–Trinajstić information content (AvgIpc) is 2.33. The summed E-state index contributed by atoms with van der Waals surface area (Å²) >= 11 is 0. The summed E-state index contributed by atoms with van der Waals surface area (Å²) in [5.74, 6) is -0.393. The van der Waals surface area contributed by atoms with Crippen LogP contribution >= 0.6 is 0 Å². The number of carbonyl (C=O) groups is 2. The van der Waals surface area contributed by atoms with E-state index in [1.807, 2.05) is 34.6 Å². The third kappa shape index (κ3) is 6.08. The summed E-state index contributed by atoms with van der Waals surface area (Å²) in [7, 11) is 1.39. The first-order valence-electron chi connectivity index (χ1n) is 6.93. The molecule has 0 saturated heterocycles. The molecule has 0 aromatic carbocycles.